The Morgan fingerprint density at radius 1 is 1.04 bits per heavy atom. The molecule has 0 spiro atoms. The minimum absolute atomic E-state index is 0.0674. The molecule has 50 heavy (non-hydrogen) atoms. The summed E-state index contributed by atoms with van der Waals surface area (Å²) in [5.74, 6) is -0.480. The molecule has 2 aromatic heterocycles. The van der Waals surface area contributed by atoms with Gasteiger partial charge in [-0.15, -0.1) is 0 Å². The summed E-state index contributed by atoms with van der Waals surface area (Å²) in [6, 6.07) is 8.10. The van der Waals surface area contributed by atoms with E-state index in [1.165, 1.54) is 19.2 Å². The minimum Gasteiger partial charge on any atom is -0.482 e. The number of nitrogens with zero attached hydrogens (tertiary/aromatic N) is 5. The van der Waals surface area contributed by atoms with Crippen LogP contribution in [0, 0.1) is 6.92 Å². The van der Waals surface area contributed by atoms with Gasteiger partial charge in [-0.3, -0.25) is 24.2 Å². The van der Waals surface area contributed by atoms with E-state index in [-0.39, 0.29) is 34.8 Å². The molecular formula is C35H44F3N7O5. The molecule has 1 aliphatic heterocycles. The minimum atomic E-state index is -4.47. The third-order valence-electron chi connectivity index (χ3n) is 8.49. The fraction of sp³-hybridized carbons (Fsp3) is 0.514. The molecule has 0 radical (unpaired) electrons. The standard InChI is InChI=1S/C35H44F3N7O5/c1-21-15-28(26(31(46)39-6)16-25(21)32(47)41-30-11-12-44(42-30)20-35(36,37)38)49-29(27-10-9-24(17-40-27)23-7-8-23)19-43-13-14-45(22(2)18-43)33(48)50-34(3,4)5/h9-12,15-17,22-23,29H,7-8,13-14,18-20H2,1-6H3,(H,39,46)(H,41,42,47)/t22-,29-/m1/s1. The third-order valence-corrected chi connectivity index (χ3v) is 8.49. The Morgan fingerprint density at radius 3 is 2.38 bits per heavy atom. The van der Waals surface area contributed by atoms with Crippen LogP contribution in [0.25, 0.3) is 0 Å². The van der Waals surface area contributed by atoms with Crippen LogP contribution in [-0.2, 0) is 11.3 Å². The number of alkyl halides is 3. The molecule has 0 bridgehead atoms. The van der Waals surface area contributed by atoms with Gasteiger partial charge >= 0.3 is 12.3 Å². The molecule has 2 N–H and O–H groups in total. The number of amides is 3. The Labute approximate surface area is 289 Å². The van der Waals surface area contributed by atoms with E-state index in [1.807, 2.05) is 46.0 Å². The second-order valence-electron chi connectivity index (χ2n) is 13.9. The zero-order valence-corrected chi connectivity index (χ0v) is 29.1. The van der Waals surface area contributed by atoms with E-state index in [9.17, 15) is 27.6 Å². The van der Waals surface area contributed by atoms with E-state index in [2.05, 4.69) is 20.6 Å². The van der Waals surface area contributed by atoms with Gasteiger partial charge in [0.25, 0.3) is 11.8 Å². The summed E-state index contributed by atoms with van der Waals surface area (Å²) in [6.45, 7) is 9.81. The van der Waals surface area contributed by atoms with E-state index in [0.717, 1.165) is 24.6 Å². The number of benzene rings is 1. The fourth-order valence-electron chi connectivity index (χ4n) is 5.85. The molecule has 5 rings (SSSR count). The van der Waals surface area contributed by atoms with Crippen LogP contribution in [0.15, 0.2) is 42.7 Å². The van der Waals surface area contributed by atoms with Crippen LogP contribution in [0.4, 0.5) is 23.8 Å². The molecule has 3 aromatic rings. The predicted octanol–water partition coefficient (Wildman–Crippen LogP) is 5.70. The number of carbonyl (C=O) groups excluding carboxylic acids is 3. The van der Waals surface area contributed by atoms with E-state index in [1.54, 1.807) is 17.9 Å². The van der Waals surface area contributed by atoms with Gasteiger partial charge < -0.3 is 25.0 Å². The maximum Gasteiger partial charge on any atom is 0.410 e. The SMILES string of the molecule is CNC(=O)c1cc(C(=O)Nc2ccn(CC(F)(F)F)n2)c(C)cc1O[C@H](CN1CCN(C(=O)OC(C)(C)C)[C@H](C)C1)c1ccc(C2CC2)cn1. The lowest BCUT2D eigenvalue weighted by Gasteiger charge is -2.41. The first-order valence-electron chi connectivity index (χ1n) is 16.6. The van der Waals surface area contributed by atoms with Gasteiger partial charge in [0.1, 0.15) is 17.9 Å². The largest absolute Gasteiger partial charge is 0.482 e. The molecule has 270 valence electrons. The van der Waals surface area contributed by atoms with Gasteiger partial charge in [0.05, 0.1) is 11.3 Å². The summed E-state index contributed by atoms with van der Waals surface area (Å²) in [5.41, 5.74) is 1.89. The number of carbonyl (C=O) groups is 3. The molecule has 2 aliphatic rings. The van der Waals surface area contributed by atoms with Crippen LogP contribution in [0.5, 0.6) is 5.75 Å². The van der Waals surface area contributed by atoms with Crippen molar-refractivity contribution < 1.29 is 37.0 Å². The van der Waals surface area contributed by atoms with Crippen LogP contribution in [0.1, 0.15) is 90.1 Å². The topological polar surface area (TPSA) is 131 Å². The van der Waals surface area contributed by atoms with Gasteiger partial charge in [-0.2, -0.15) is 18.3 Å². The molecule has 1 saturated heterocycles. The Hall–Kier alpha value is -4.66. The zero-order chi connectivity index (χ0) is 36.4. The molecular weight excluding hydrogens is 655 g/mol. The Balaban J connectivity index is 1.38. The lowest BCUT2D eigenvalue weighted by molar-refractivity contribution is -0.142. The number of halogens is 3. The lowest BCUT2D eigenvalue weighted by atomic mass is 10.0. The Morgan fingerprint density at radius 2 is 1.78 bits per heavy atom. The van der Waals surface area contributed by atoms with E-state index in [4.69, 9.17) is 14.5 Å². The van der Waals surface area contributed by atoms with Gasteiger partial charge in [-0.05, 0) is 82.7 Å². The number of rotatable bonds is 10. The fourth-order valence-corrected chi connectivity index (χ4v) is 5.85. The maximum atomic E-state index is 13.3. The first kappa shape index (κ1) is 36.6. The van der Waals surface area contributed by atoms with Crippen molar-refractivity contribution in [2.45, 2.75) is 83.8 Å². The van der Waals surface area contributed by atoms with Crippen molar-refractivity contribution in [3.05, 3.63) is 70.7 Å². The average Bonchev–Trinajstić information content (AvgIpc) is 3.79. The molecule has 3 heterocycles. The summed E-state index contributed by atoms with van der Waals surface area (Å²) >= 11 is 0. The average molecular weight is 700 g/mol. The highest BCUT2D eigenvalue weighted by molar-refractivity contribution is 6.07. The van der Waals surface area contributed by atoms with E-state index in [0.29, 0.717) is 48.0 Å². The highest BCUT2D eigenvalue weighted by Crippen LogP contribution is 2.40. The highest BCUT2D eigenvalue weighted by Gasteiger charge is 2.34. The van der Waals surface area contributed by atoms with Crippen molar-refractivity contribution in [3.8, 4) is 5.75 Å². The Bertz CT molecular complexity index is 1700. The highest BCUT2D eigenvalue weighted by atomic mass is 19.4. The number of piperazine rings is 1. The molecule has 1 aliphatic carbocycles. The van der Waals surface area contributed by atoms with Crippen molar-refractivity contribution in [1.29, 1.82) is 0 Å². The predicted molar refractivity (Wildman–Crippen MR) is 179 cm³/mol. The van der Waals surface area contributed by atoms with Crippen LogP contribution in [0.3, 0.4) is 0 Å². The van der Waals surface area contributed by atoms with E-state index >= 15 is 0 Å². The summed E-state index contributed by atoms with van der Waals surface area (Å²) < 4.78 is 51.3. The van der Waals surface area contributed by atoms with Gasteiger partial charge in [-0.25, -0.2) is 4.79 Å². The van der Waals surface area contributed by atoms with Crippen molar-refractivity contribution in [3.63, 3.8) is 0 Å². The number of nitrogens with one attached hydrogen (secondary N) is 2. The first-order valence-corrected chi connectivity index (χ1v) is 16.6. The number of anilines is 1. The quantitative estimate of drug-likeness (QED) is 0.276. The number of aryl methyl sites for hydroxylation is 1. The van der Waals surface area contributed by atoms with Crippen molar-refractivity contribution >= 4 is 23.7 Å². The summed E-state index contributed by atoms with van der Waals surface area (Å²) in [7, 11) is 1.46. The normalized spacial score (nSPS) is 17.6. The van der Waals surface area contributed by atoms with Crippen molar-refractivity contribution in [1.82, 2.24) is 29.9 Å². The maximum absolute atomic E-state index is 13.3. The van der Waals surface area contributed by atoms with Gasteiger partial charge in [0, 0.05) is 63.3 Å². The van der Waals surface area contributed by atoms with Crippen LogP contribution >= 0.6 is 0 Å². The first-order chi connectivity index (χ1) is 23.5. The van der Waals surface area contributed by atoms with Crippen LogP contribution < -0.4 is 15.4 Å². The van der Waals surface area contributed by atoms with Crippen LogP contribution in [0.2, 0.25) is 0 Å². The third kappa shape index (κ3) is 9.52. The van der Waals surface area contributed by atoms with Crippen LogP contribution in [-0.4, -0.2) is 93.5 Å². The molecule has 2 fully saturated rings. The number of ether oxygens (including phenoxy) is 2. The van der Waals surface area contributed by atoms with E-state index < -0.39 is 36.2 Å². The second kappa shape index (κ2) is 14.7. The number of hydrogen-bond acceptors (Lipinski definition) is 8. The molecule has 2 atom stereocenters. The summed E-state index contributed by atoms with van der Waals surface area (Å²) in [4.78, 5) is 47.9. The number of pyridine rings is 1. The summed E-state index contributed by atoms with van der Waals surface area (Å²) in [5, 5.41) is 8.89. The van der Waals surface area contributed by atoms with Gasteiger partial charge in [-0.1, -0.05) is 6.07 Å². The smallest absolute Gasteiger partial charge is 0.410 e. The molecule has 3 amide bonds. The molecule has 15 heteroatoms. The van der Waals surface area contributed by atoms with Crippen molar-refractivity contribution in [2.24, 2.45) is 0 Å². The molecule has 12 nitrogen and oxygen atoms in total. The molecule has 0 unspecified atom stereocenters. The summed E-state index contributed by atoms with van der Waals surface area (Å²) in [6.07, 6.45) is -0.215. The molecule has 1 aromatic carbocycles. The lowest BCUT2D eigenvalue weighted by Crippen LogP contribution is -2.55. The Kier molecular flexibility index (Phi) is 10.7. The number of aromatic nitrogens is 3. The zero-order valence-electron chi connectivity index (χ0n) is 29.1. The van der Waals surface area contributed by atoms with Crippen molar-refractivity contribution in [2.75, 3.05) is 38.5 Å². The monoisotopic (exact) mass is 699 g/mol. The van der Waals surface area contributed by atoms with Gasteiger partial charge in [0.15, 0.2) is 11.9 Å². The second-order valence-corrected chi connectivity index (χ2v) is 13.9. The van der Waals surface area contributed by atoms with Gasteiger partial charge in [0.2, 0.25) is 0 Å². The molecule has 1 saturated carbocycles. The number of hydrogen-bond donors (Lipinski definition) is 2.